The molecule has 1 N–H and O–H groups in total. The number of aryl methyl sites for hydroxylation is 1. The molecule has 182 valence electrons. The molecule has 2 aromatic carbocycles. The van der Waals surface area contributed by atoms with Gasteiger partial charge in [0.2, 0.25) is 5.78 Å². The highest BCUT2D eigenvalue weighted by molar-refractivity contribution is 14.1. The van der Waals surface area contributed by atoms with Crippen molar-refractivity contribution in [2.75, 3.05) is 11.5 Å². The predicted molar refractivity (Wildman–Crippen MR) is 142 cm³/mol. The average Bonchev–Trinajstić information content (AvgIpc) is 3.53. The Morgan fingerprint density at radius 3 is 2.61 bits per heavy atom. The van der Waals surface area contributed by atoms with Crippen LogP contribution in [0, 0.1) is 10.5 Å². The Bertz CT molecular complexity index is 1520. The zero-order valence-corrected chi connectivity index (χ0v) is 22.1. The number of para-hydroxylation sites is 1. The largest absolute Gasteiger partial charge is 0.503 e. The van der Waals surface area contributed by atoms with Gasteiger partial charge in [-0.05, 0) is 66.3 Å². The van der Waals surface area contributed by atoms with Crippen molar-refractivity contribution < 1.29 is 28.6 Å². The van der Waals surface area contributed by atoms with E-state index in [0.717, 1.165) is 20.3 Å². The van der Waals surface area contributed by atoms with Gasteiger partial charge in [0.15, 0.2) is 16.7 Å². The van der Waals surface area contributed by atoms with Crippen LogP contribution in [-0.2, 0) is 9.53 Å². The molecule has 0 fully saturated rings. The number of halogens is 1. The van der Waals surface area contributed by atoms with Crippen molar-refractivity contribution in [3.8, 4) is 0 Å². The van der Waals surface area contributed by atoms with Crippen molar-refractivity contribution in [3.05, 3.63) is 91.4 Å². The van der Waals surface area contributed by atoms with Crippen LogP contribution in [0.4, 0.5) is 5.13 Å². The average molecular weight is 614 g/mol. The number of amides is 1. The molecule has 1 atom stereocenters. The third kappa shape index (κ3) is 4.09. The minimum atomic E-state index is -0.976. The third-order valence-corrected chi connectivity index (χ3v) is 7.60. The monoisotopic (exact) mass is 614 g/mol. The number of anilines is 1. The van der Waals surface area contributed by atoms with Gasteiger partial charge in [-0.25, -0.2) is 9.78 Å². The maximum absolute atomic E-state index is 13.7. The summed E-state index contributed by atoms with van der Waals surface area (Å²) in [5, 5.41) is 11.9. The van der Waals surface area contributed by atoms with Gasteiger partial charge in [0, 0.05) is 8.96 Å². The number of ketones is 1. The Morgan fingerprint density at radius 1 is 1.19 bits per heavy atom. The Balaban J connectivity index is 1.63. The van der Waals surface area contributed by atoms with Gasteiger partial charge in [0.05, 0.1) is 23.9 Å². The van der Waals surface area contributed by atoms with Gasteiger partial charge < -0.3 is 14.3 Å². The lowest BCUT2D eigenvalue weighted by molar-refractivity contribution is -0.117. The second kappa shape index (κ2) is 9.51. The summed E-state index contributed by atoms with van der Waals surface area (Å²) in [5.74, 6) is -2.63. The zero-order chi connectivity index (χ0) is 25.6. The quantitative estimate of drug-likeness (QED) is 0.167. The van der Waals surface area contributed by atoms with Crippen molar-refractivity contribution in [2.24, 2.45) is 0 Å². The molecule has 8 nitrogen and oxygen atoms in total. The molecule has 1 amide bonds. The van der Waals surface area contributed by atoms with Crippen LogP contribution in [-0.4, -0.2) is 34.4 Å². The molecule has 10 heteroatoms. The molecule has 4 aromatic rings. The normalized spacial score (nSPS) is 15.7. The Labute approximate surface area is 223 Å². The fourth-order valence-corrected chi connectivity index (χ4v) is 5.44. The number of thiazole rings is 1. The lowest BCUT2D eigenvalue weighted by atomic mass is 9.95. The highest BCUT2D eigenvalue weighted by Gasteiger charge is 2.47. The molecule has 0 aliphatic carbocycles. The van der Waals surface area contributed by atoms with Crippen molar-refractivity contribution in [2.45, 2.75) is 19.9 Å². The first-order valence-electron chi connectivity index (χ1n) is 11.0. The van der Waals surface area contributed by atoms with E-state index < -0.39 is 29.5 Å². The van der Waals surface area contributed by atoms with E-state index in [1.807, 2.05) is 24.3 Å². The number of esters is 1. The number of fused-ring (bicyclic) bond motifs is 1. The van der Waals surface area contributed by atoms with E-state index in [1.54, 1.807) is 44.2 Å². The number of hydrogen-bond donors (Lipinski definition) is 1. The number of Topliss-reactive ketones (excluding diaryl/α,β-unsaturated/α-hetero) is 1. The molecule has 1 unspecified atom stereocenters. The van der Waals surface area contributed by atoms with Gasteiger partial charge in [0.25, 0.3) is 5.91 Å². The van der Waals surface area contributed by atoms with Gasteiger partial charge in [-0.3, -0.25) is 14.5 Å². The molecule has 3 heterocycles. The predicted octanol–water partition coefficient (Wildman–Crippen LogP) is 5.76. The van der Waals surface area contributed by atoms with Crippen LogP contribution in [0.1, 0.15) is 44.4 Å². The molecule has 36 heavy (non-hydrogen) atoms. The van der Waals surface area contributed by atoms with Crippen LogP contribution in [0.2, 0.25) is 0 Å². The van der Waals surface area contributed by atoms with Crippen LogP contribution in [0.15, 0.2) is 70.3 Å². The standard InChI is InChI=1S/C26H19IN2O6S/c1-3-34-25(33)23-13(2)28-26(36-23)29-20(14-8-10-16(27)11-9-14)19(22(31)24(29)32)21(30)18-12-15-6-4-5-7-17(15)35-18/h4-12,20,31H,3H2,1-2H3. The minimum absolute atomic E-state index is 0.00504. The number of nitrogens with zero attached hydrogens (tertiary/aromatic N) is 2. The number of furan rings is 1. The number of carbonyl (C=O) groups is 3. The lowest BCUT2D eigenvalue weighted by Crippen LogP contribution is -2.31. The van der Waals surface area contributed by atoms with E-state index >= 15 is 0 Å². The maximum atomic E-state index is 13.7. The second-order valence-electron chi connectivity index (χ2n) is 8.00. The molecule has 0 bridgehead atoms. The molecular formula is C26H19IN2O6S. The summed E-state index contributed by atoms with van der Waals surface area (Å²) in [4.78, 5) is 45.4. The van der Waals surface area contributed by atoms with Crippen LogP contribution in [0.5, 0.6) is 0 Å². The number of benzene rings is 2. The lowest BCUT2D eigenvalue weighted by Gasteiger charge is -2.24. The summed E-state index contributed by atoms with van der Waals surface area (Å²) >= 11 is 3.13. The van der Waals surface area contributed by atoms with Gasteiger partial charge in [-0.1, -0.05) is 41.7 Å². The number of ether oxygens (including phenoxy) is 1. The van der Waals surface area contributed by atoms with E-state index in [2.05, 4.69) is 27.6 Å². The molecule has 2 aromatic heterocycles. The van der Waals surface area contributed by atoms with Crippen molar-refractivity contribution >= 4 is 67.7 Å². The van der Waals surface area contributed by atoms with Crippen LogP contribution < -0.4 is 4.90 Å². The van der Waals surface area contributed by atoms with Gasteiger partial charge in [0.1, 0.15) is 10.5 Å². The second-order valence-corrected chi connectivity index (χ2v) is 10.2. The third-order valence-electron chi connectivity index (χ3n) is 5.74. The molecule has 0 saturated carbocycles. The van der Waals surface area contributed by atoms with Gasteiger partial charge in [-0.2, -0.15) is 0 Å². The Morgan fingerprint density at radius 2 is 1.92 bits per heavy atom. The molecule has 1 aliphatic rings. The fraction of sp³-hybridized carbons (Fsp3) is 0.154. The van der Waals surface area contributed by atoms with Gasteiger partial charge in [-0.15, -0.1) is 0 Å². The van der Waals surface area contributed by atoms with E-state index in [-0.39, 0.29) is 27.9 Å². The van der Waals surface area contributed by atoms with E-state index in [0.29, 0.717) is 16.8 Å². The Kier molecular flexibility index (Phi) is 6.39. The molecule has 0 spiro atoms. The first kappa shape index (κ1) is 24.2. The van der Waals surface area contributed by atoms with Crippen molar-refractivity contribution in [3.63, 3.8) is 0 Å². The fourth-order valence-electron chi connectivity index (χ4n) is 4.09. The molecule has 1 aliphatic heterocycles. The number of hydrogen-bond acceptors (Lipinski definition) is 8. The smallest absolute Gasteiger partial charge is 0.350 e. The number of aliphatic hydroxyl groups is 1. The topological polar surface area (TPSA) is 110 Å². The first-order valence-corrected chi connectivity index (χ1v) is 12.9. The van der Waals surface area contributed by atoms with Crippen LogP contribution >= 0.6 is 33.9 Å². The summed E-state index contributed by atoms with van der Waals surface area (Å²) in [6.45, 7) is 3.53. The summed E-state index contributed by atoms with van der Waals surface area (Å²) in [5.41, 5.74) is 1.38. The van der Waals surface area contributed by atoms with Crippen LogP contribution in [0.3, 0.4) is 0 Å². The molecule has 0 saturated heterocycles. The summed E-state index contributed by atoms with van der Waals surface area (Å²) in [6.07, 6.45) is 0. The number of aromatic nitrogens is 1. The minimum Gasteiger partial charge on any atom is -0.503 e. The number of carbonyl (C=O) groups excluding carboxylic acids is 3. The summed E-state index contributed by atoms with van der Waals surface area (Å²) in [6, 6.07) is 15.0. The summed E-state index contributed by atoms with van der Waals surface area (Å²) in [7, 11) is 0. The van der Waals surface area contributed by atoms with Crippen molar-refractivity contribution in [1.29, 1.82) is 0 Å². The van der Waals surface area contributed by atoms with Crippen molar-refractivity contribution in [1.82, 2.24) is 4.98 Å². The SMILES string of the molecule is CCOC(=O)c1sc(N2C(=O)C(O)=C(C(=O)c3cc4ccccc4o3)C2c2ccc(I)cc2)nc1C. The maximum Gasteiger partial charge on any atom is 0.350 e. The van der Waals surface area contributed by atoms with Crippen LogP contribution in [0.25, 0.3) is 11.0 Å². The number of aliphatic hydroxyl groups excluding tert-OH is 1. The first-order chi connectivity index (χ1) is 17.3. The summed E-state index contributed by atoms with van der Waals surface area (Å²) < 4.78 is 11.8. The molecular weight excluding hydrogens is 595 g/mol. The zero-order valence-electron chi connectivity index (χ0n) is 19.1. The highest BCUT2D eigenvalue weighted by atomic mass is 127. The highest BCUT2D eigenvalue weighted by Crippen LogP contribution is 2.44. The van der Waals surface area contributed by atoms with Gasteiger partial charge >= 0.3 is 5.97 Å². The van der Waals surface area contributed by atoms with E-state index in [1.165, 1.54) is 4.90 Å². The van der Waals surface area contributed by atoms with E-state index in [9.17, 15) is 19.5 Å². The van der Waals surface area contributed by atoms with E-state index in [4.69, 9.17) is 9.15 Å². The Hall–Kier alpha value is -3.51. The molecule has 0 radical (unpaired) electrons. The number of rotatable bonds is 6. The molecule has 5 rings (SSSR count).